The number of H-pyrrole nitrogens is 2. The number of hydrogen-bond donors (Lipinski definition) is 3. The molecule has 0 unspecified atom stereocenters. The Morgan fingerprint density at radius 1 is 1.22 bits per heavy atom. The highest BCUT2D eigenvalue weighted by atomic mass is 79.9. The summed E-state index contributed by atoms with van der Waals surface area (Å²) in [4.78, 5) is 54.3. The van der Waals surface area contributed by atoms with Crippen molar-refractivity contribution < 1.29 is 14.3 Å². The lowest BCUT2D eigenvalue weighted by molar-refractivity contribution is -0.119. The number of hydrogen-bond acceptors (Lipinski definition) is 7. The van der Waals surface area contributed by atoms with Crippen LogP contribution in [0.2, 0.25) is 0 Å². The minimum atomic E-state index is -0.998. The Labute approximate surface area is 163 Å². The van der Waals surface area contributed by atoms with Crippen molar-refractivity contribution >= 4 is 44.3 Å². The van der Waals surface area contributed by atoms with Gasteiger partial charge in [0, 0.05) is 21.5 Å². The quantitative estimate of drug-likeness (QED) is 0.506. The van der Waals surface area contributed by atoms with Crippen molar-refractivity contribution in [3.8, 4) is 11.3 Å². The number of rotatable bonds is 5. The van der Waals surface area contributed by atoms with Gasteiger partial charge >= 0.3 is 11.7 Å². The number of aromatic nitrogens is 3. The van der Waals surface area contributed by atoms with E-state index in [1.165, 1.54) is 11.3 Å². The van der Waals surface area contributed by atoms with Crippen molar-refractivity contribution in [3.63, 3.8) is 0 Å². The molecule has 0 spiro atoms. The highest BCUT2D eigenvalue weighted by Crippen LogP contribution is 2.26. The van der Waals surface area contributed by atoms with E-state index in [1.807, 2.05) is 29.2 Å². The molecule has 0 atom stereocenters. The van der Waals surface area contributed by atoms with E-state index >= 15 is 0 Å². The Kier molecular flexibility index (Phi) is 5.62. The number of thiazole rings is 1. The third-order valence-corrected chi connectivity index (χ3v) is 4.44. The van der Waals surface area contributed by atoms with Gasteiger partial charge in [-0.2, -0.15) is 0 Å². The van der Waals surface area contributed by atoms with E-state index < -0.39 is 29.7 Å². The van der Waals surface area contributed by atoms with E-state index in [-0.39, 0.29) is 5.69 Å². The van der Waals surface area contributed by atoms with Crippen LogP contribution in [0.4, 0.5) is 5.13 Å². The highest BCUT2D eigenvalue weighted by molar-refractivity contribution is 9.10. The number of benzene rings is 1. The molecule has 3 rings (SSSR count). The topological polar surface area (TPSA) is 134 Å². The molecule has 0 saturated carbocycles. The first kappa shape index (κ1) is 18.7. The molecular weight excluding hydrogens is 440 g/mol. The number of halogens is 1. The average molecular weight is 451 g/mol. The minimum Gasteiger partial charge on any atom is -0.451 e. The zero-order valence-corrected chi connectivity index (χ0v) is 15.8. The Morgan fingerprint density at radius 3 is 2.78 bits per heavy atom. The fraction of sp³-hybridized carbons (Fsp3) is 0.0625. The molecule has 27 heavy (non-hydrogen) atoms. The van der Waals surface area contributed by atoms with Crippen molar-refractivity contribution in [2.75, 3.05) is 11.9 Å². The fourth-order valence-electron chi connectivity index (χ4n) is 2.05. The summed E-state index contributed by atoms with van der Waals surface area (Å²) in [5.74, 6) is -1.60. The van der Waals surface area contributed by atoms with E-state index in [9.17, 15) is 19.2 Å². The second kappa shape index (κ2) is 8.10. The predicted octanol–water partition coefficient (Wildman–Crippen LogP) is 1.74. The normalized spacial score (nSPS) is 10.4. The van der Waals surface area contributed by atoms with Crippen LogP contribution >= 0.6 is 27.3 Å². The molecule has 1 aromatic carbocycles. The smallest absolute Gasteiger partial charge is 0.355 e. The van der Waals surface area contributed by atoms with E-state index in [0.29, 0.717) is 10.8 Å². The molecule has 2 aromatic heterocycles. The van der Waals surface area contributed by atoms with Gasteiger partial charge in [0.15, 0.2) is 11.7 Å². The molecule has 0 saturated heterocycles. The molecule has 11 heteroatoms. The van der Waals surface area contributed by atoms with Crippen LogP contribution in [0.3, 0.4) is 0 Å². The fourth-order valence-corrected chi connectivity index (χ4v) is 3.19. The highest BCUT2D eigenvalue weighted by Gasteiger charge is 2.14. The van der Waals surface area contributed by atoms with E-state index in [4.69, 9.17) is 4.74 Å². The molecule has 0 aliphatic heterocycles. The Hall–Kier alpha value is -3.05. The average Bonchev–Trinajstić information content (AvgIpc) is 3.07. The van der Waals surface area contributed by atoms with Gasteiger partial charge in [0.1, 0.15) is 5.69 Å². The number of aromatic amines is 2. The molecule has 1 amide bonds. The third-order valence-electron chi connectivity index (χ3n) is 3.19. The molecule has 0 bridgehead atoms. The van der Waals surface area contributed by atoms with Gasteiger partial charge in [-0.25, -0.2) is 14.6 Å². The van der Waals surface area contributed by atoms with Crippen LogP contribution in [0, 0.1) is 0 Å². The summed E-state index contributed by atoms with van der Waals surface area (Å²) in [7, 11) is 0. The number of carbonyl (C=O) groups is 2. The van der Waals surface area contributed by atoms with Crippen molar-refractivity contribution in [3.05, 3.63) is 66.7 Å². The molecule has 0 fully saturated rings. The summed E-state index contributed by atoms with van der Waals surface area (Å²) in [5.41, 5.74) is -0.372. The Balaban J connectivity index is 1.59. The van der Waals surface area contributed by atoms with Crippen molar-refractivity contribution in [2.24, 2.45) is 0 Å². The Morgan fingerprint density at radius 2 is 2.04 bits per heavy atom. The van der Waals surface area contributed by atoms with Crippen LogP contribution in [0.25, 0.3) is 11.3 Å². The number of anilines is 1. The standard InChI is InChI=1S/C16H11BrN4O5S/c17-9-3-1-2-8(4-9)11-7-27-16(19-11)21-13(23)6-26-14(24)10-5-12(22)20-15(25)18-10/h1-5,7H,6H2,(H,19,21,23)(H2,18,20,22,25). The lowest BCUT2D eigenvalue weighted by Gasteiger charge is -2.04. The van der Waals surface area contributed by atoms with E-state index in [1.54, 1.807) is 5.38 Å². The van der Waals surface area contributed by atoms with Gasteiger partial charge < -0.3 is 9.72 Å². The lowest BCUT2D eigenvalue weighted by Crippen LogP contribution is -2.27. The van der Waals surface area contributed by atoms with Gasteiger partial charge in [-0.15, -0.1) is 11.3 Å². The van der Waals surface area contributed by atoms with Gasteiger partial charge in [-0.1, -0.05) is 28.1 Å². The second-order valence-corrected chi connectivity index (χ2v) is 6.95. The molecule has 3 aromatic rings. The summed E-state index contributed by atoms with van der Waals surface area (Å²) >= 11 is 4.60. The zero-order chi connectivity index (χ0) is 19.4. The van der Waals surface area contributed by atoms with Gasteiger partial charge in [-0.3, -0.25) is 19.9 Å². The third kappa shape index (κ3) is 4.99. The molecule has 0 radical (unpaired) electrons. The van der Waals surface area contributed by atoms with Crippen LogP contribution in [0.1, 0.15) is 10.5 Å². The maximum Gasteiger partial charge on any atom is 0.355 e. The monoisotopic (exact) mass is 450 g/mol. The van der Waals surface area contributed by atoms with Crippen LogP contribution in [0.15, 0.2) is 49.8 Å². The first-order chi connectivity index (χ1) is 12.9. The van der Waals surface area contributed by atoms with Gasteiger partial charge in [0.2, 0.25) is 0 Å². The maximum atomic E-state index is 11.9. The van der Waals surface area contributed by atoms with Gasteiger partial charge in [0.25, 0.3) is 11.5 Å². The number of carbonyl (C=O) groups excluding carboxylic acids is 2. The summed E-state index contributed by atoms with van der Waals surface area (Å²) in [6.07, 6.45) is 0. The molecule has 138 valence electrons. The van der Waals surface area contributed by atoms with Crippen LogP contribution in [0.5, 0.6) is 0 Å². The number of amides is 1. The molecule has 9 nitrogen and oxygen atoms in total. The summed E-state index contributed by atoms with van der Waals surface area (Å²) in [6.45, 7) is -0.598. The van der Waals surface area contributed by atoms with Crippen molar-refractivity contribution in [1.82, 2.24) is 15.0 Å². The molecule has 2 heterocycles. The predicted molar refractivity (Wildman–Crippen MR) is 102 cm³/mol. The number of ether oxygens (including phenoxy) is 1. The zero-order valence-electron chi connectivity index (χ0n) is 13.4. The number of nitrogens with one attached hydrogen (secondary N) is 3. The second-order valence-electron chi connectivity index (χ2n) is 5.17. The van der Waals surface area contributed by atoms with Crippen molar-refractivity contribution in [1.29, 1.82) is 0 Å². The first-order valence-electron chi connectivity index (χ1n) is 7.43. The van der Waals surface area contributed by atoms with Crippen LogP contribution in [-0.4, -0.2) is 33.4 Å². The first-order valence-corrected chi connectivity index (χ1v) is 9.10. The SMILES string of the molecule is O=C(COC(=O)c1cc(=O)[nH]c(=O)[nH]1)Nc1nc(-c2cccc(Br)c2)cs1. The summed E-state index contributed by atoms with van der Waals surface area (Å²) in [6, 6.07) is 8.41. The molecular formula is C16H11BrN4O5S. The number of nitrogens with zero attached hydrogens (tertiary/aromatic N) is 1. The molecule has 3 N–H and O–H groups in total. The number of esters is 1. The largest absolute Gasteiger partial charge is 0.451 e. The van der Waals surface area contributed by atoms with Crippen LogP contribution < -0.4 is 16.6 Å². The van der Waals surface area contributed by atoms with Crippen molar-refractivity contribution in [2.45, 2.75) is 0 Å². The molecule has 0 aliphatic carbocycles. The van der Waals surface area contributed by atoms with Gasteiger partial charge in [-0.05, 0) is 12.1 Å². The molecule has 0 aliphatic rings. The van der Waals surface area contributed by atoms with Gasteiger partial charge in [0.05, 0.1) is 5.69 Å². The van der Waals surface area contributed by atoms with Crippen LogP contribution in [-0.2, 0) is 9.53 Å². The Bertz CT molecular complexity index is 1090. The summed E-state index contributed by atoms with van der Waals surface area (Å²) < 4.78 is 5.68. The lowest BCUT2D eigenvalue weighted by atomic mass is 10.2. The van der Waals surface area contributed by atoms with E-state index in [2.05, 4.69) is 31.2 Å². The summed E-state index contributed by atoms with van der Waals surface area (Å²) in [5, 5.41) is 4.64. The van der Waals surface area contributed by atoms with E-state index in [0.717, 1.165) is 16.1 Å². The maximum absolute atomic E-state index is 11.9. The minimum absolute atomic E-state index is 0.343.